The molecule has 0 saturated heterocycles. The lowest BCUT2D eigenvalue weighted by Crippen LogP contribution is -2.42. The predicted octanol–water partition coefficient (Wildman–Crippen LogP) is 1.00. The van der Waals surface area contributed by atoms with Crippen molar-refractivity contribution in [3.8, 4) is 0 Å². The molecule has 0 aliphatic carbocycles. The summed E-state index contributed by atoms with van der Waals surface area (Å²) >= 11 is 0. The molecule has 19 nitrogen and oxygen atoms in total. The Hall–Kier alpha value is -5.58. The number of hydrogen-bond donors (Lipinski definition) is 5. The standard InChI is InChI=1S/C35H45F3N8O11/c1-21(2)29(49)44-34-43-28-27(31(51)45-34)41-23(19-40-28)20-46(33(53)35(36,37)38)24-7-5-22(6-8-24)30(50)42-25(32(52)54-3)9-10-26(48)39-11-4-13-55-15-17-57-18-16-56-14-12-47/h5-8,19,21,25,47H,4,9-18,20H2,1-3H3,(H,39,48)(H,42,50)(H2,40,43,44,45,49,51). The van der Waals surface area contributed by atoms with Crippen molar-refractivity contribution >= 4 is 52.4 Å². The van der Waals surface area contributed by atoms with Crippen LogP contribution in [0, 0.1) is 5.92 Å². The minimum atomic E-state index is -5.33. The van der Waals surface area contributed by atoms with Crippen LogP contribution in [-0.4, -0.2) is 127 Å². The zero-order chi connectivity index (χ0) is 42.0. The maximum atomic E-state index is 13.7. The molecule has 0 bridgehead atoms. The molecule has 0 radical (unpaired) electrons. The molecular formula is C35H45F3N8O11. The second-order valence-electron chi connectivity index (χ2n) is 12.4. The fourth-order valence-electron chi connectivity index (χ4n) is 4.74. The van der Waals surface area contributed by atoms with Crippen LogP contribution < -0.4 is 26.4 Å². The summed E-state index contributed by atoms with van der Waals surface area (Å²) < 4.78 is 61.7. The monoisotopic (exact) mass is 810 g/mol. The van der Waals surface area contributed by atoms with E-state index in [0.29, 0.717) is 44.4 Å². The first-order valence-electron chi connectivity index (χ1n) is 17.7. The van der Waals surface area contributed by atoms with Gasteiger partial charge in [-0.2, -0.15) is 18.2 Å². The van der Waals surface area contributed by atoms with Crippen LogP contribution in [0.3, 0.4) is 0 Å². The Morgan fingerprint density at radius 3 is 2.21 bits per heavy atom. The third kappa shape index (κ3) is 15.1. The second-order valence-corrected chi connectivity index (χ2v) is 12.4. The van der Waals surface area contributed by atoms with E-state index in [1.165, 1.54) is 0 Å². The first kappa shape index (κ1) is 45.8. The third-order valence-corrected chi connectivity index (χ3v) is 7.70. The molecule has 5 N–H and O–H groups in total. The number of alkyl halides is 3. The van der Waals surface area contributed by atoms with E-state index in [0.717, 1.165) is 37.6 Å². The van der Waals surface area contributed by atoms with Crippen molar-refractivity contribution in [1.82, 2.24) is 30.6 Å². The topological polar surface area (TPSA) is 253 Å². The van der Waals surface area contributed by atoms with Gasteiger partial charge < -0.3 is 34.7 Å². The van der Waals surface area contributed by atoms with Crippen molar-refractivity contribution in [2.75, 3.05) is 70.1 Å². The van der Waals surface area contributed by atoms with E-state index in [2.05, 4.69) is 35.9 Å². The van der Waals surface area contributed by atoms with Crippen LogP contribution in [-0.2, 0) is 44.7 Å². The highest BCUT2D eigenvalue weighted by Crippen LogP contribution is 2.26. The van der Waals surface area contributed by atoms with E-state index in [1.54, 1.807) is 13.8 Å². The molecule has 1 atom stereocenters. The highest BCUT2D eigenvalue weighted by atomic mass is 19.4. The summed E-state index contributed by atoms with van der Waals surface area (Å²) in [5.74, 6) is -5.42. The number of hydrogen-bond acceptors (Lipinski definition) is 14. The Kier molecular flexibility index (Phi) is 18.4. The van der Waals surface area contributed by atoms with Crippen molar-refractivity contribution in [3.05, 3.63) is 52.1 Å². The molecule has 312 valence electrons. The number of benzene rings is 1. The maximum absolute atomic E-state index is 13.7. The highest BCUT2D eigenvalue weighted by Gasteiger charge is 2.43. The van der Waals surface area contributed by atoms with Gasteiger partial charge in [-0.15, -0.1) is 0 Å². The lowest BCUT2D eigenvalue weighted by molar-refractivity contribution is -0.170. The number of amides is 4. The summed E-state index contributed by atoms with van der Waals surface area (Å²) in [5, 5.41) is 16.2. The number of rotatable bonds is 23. The number of ether oxygens (including phenoxy) is 4. The number of halogens is 3. The van der Waals surface area contributed by atoms with Crippen molar-refractivity contribution in [2.45, 2.75) is 51.9 Å². The molecule has 2 heterocycles. The Morgan fingerprint density at radius 1 is 0.947 bits per heavy atom. The zero-order valence-corrected chi connectivity index (χ0v) is 31.5. The molecule has 2 aromatic heterocycles. The second kappa shape index (κ2) is 22.8. The van der Waals surface area contributed by atoms with Gasteiger partial charge in [-0.3, -0.25) is 39.2 Å². The van der Waals surface area contributed by atoms with Gasteiger partial charge in [0.15, 0.2) is 11.2 Å². The van der Waals surface area contributed by atoms with E-state index in [9.17, 15) is 41.9 Å². The lowest BCUT2D eigenvalue weighted by Gasteiger charge is -2.24. The van der Waals surface area contributed by atoms with Crippen LogP contribution in [0.15, 0.2) is 35.3 Å². The maximum Gasteiger partial charge on any atom is 0.471 e. The first-order valence-corrected chi connectivity index (χ1v) is 17.7. The van der Waals surface area contributed by atoms with Crippen LogP contribution in [0.1, 0.15) is 49.2 Å². The molecule has 0 saturated carbocycles. The van der Waals surface area contributed by atoms with Gasteiger partial charge in [0, 0.05) is 36.7 Å². The van der Waals surface area contributed by atoms with Gasteiger partial charge in [0.05, 0.1) is 65.2 Å². The van der Waals surface area contributed by atoms with Crippen LogP contribution >= 0.6 is 0 Å². The number of fused-ring (bicyclic) bond motifs is 1. The molecule has 0 aliphatic heterocycles. The van der Waals surface area contributed by atoms with Crippen molar-refractivity contribution in [1.29, 1.82) is 0 Å². The summed E-state index contributed by atoms with van der Waals surface area (Å²) in [4.78, 5) is 89.7. The quantitative estimate of drug-likeness (QED) is 0.0662. The Labute approximate surface area is 324 Å². The summed E-state index contributed by atoms with van der Waals surface area (Å²) in [6.07, 6.45) is -4.10. The minimum absolute atomic E-state index is 0.0598. The molecule has 3 rings (SSSR count). The molecule has 1 aromatic carbocycles. The van der Waals surface area contributed by atoms with Gasteiger partial charge in [-0.25, -0.2) is 14.8 Å². The number of methoxy groups -OCH3 is 1. The van der Waals surface area contributed by atoms with Crippen LogP contribution in [0.25, 0.3) is 11.2 Å². The normalized spacial score (nSPS) is 11.9. The fraction of sp³-hybridized carbons (Fsp3) is 0.514. The molecule has 4 amide bonds. The molecular weight excluding hydrogens is 765 g/mol. The summed E-state index contributed by atoms with van der Waals surface area (Å²) in [7, 11) is 1.09. The first-order chi connectivity index (χ1) is 27.1. The highest BCUT2D eigenvalue weighted by molar-refractivity contribution is 5.99. The van der Waals surface area contributed by atoms with E-state index in [1.807, 2.05) is 0 Å². The fourth-order valence-corrected chi connectivity index (χ4v) is 4.74. The molecule has 0 spiro atoms. The van der Waals surface area contributed by atoms with Gasteiger partial charge in [-0.05, 0) is 37.1 Å². The van der Waals surface area contributed by atoms with E-state index >= 15 is 0 Å². The lowest BCUT2D eigenvalue weighted by atomic mass is 10.1. The Balaban J connectivity index is 1.59. The van der Waals surface area contributed by atoms with E-state index in [4.69, 9.17) is 24.1 Å². The van der Waals surface area contributed by atoms with Gasteiger partial charge in [0.2, 0.25) is 17.8 Å². The molecule has 0 fully saturated rings. The SMILES string of the molecule is COC(=O)C(CCC(=O)NCCCOCCOCCOCCO)NC(=O)c1ccc(N(Cc2cnc3nc(NC(=O)C(C)C)[nH]c(=O)c3n2)C(=O)C(F)(F)F)cc1. The number of anilines is 2. The average molecular weight is 811 g/mol. The number of H-pyrrole nitrogens is 1. The number of esters is 1. The summed E-state index contributed by atoms with van der Waals surface area (Å²) in [5.41, 5.74) is -2.03. The Morgan fingerprint density at radius 2 is 1.60 bits per heavy atom. The predicted molar refractivity (Wildman–Crippen MR) is 195 cm³/mol. The van der Waals surface area contributed by atoms with E-state index in [-0.39, 0.29) is 66.7 Å². The van der Waals surface area contributed by atoms with Crippen LogP contribution in [0.4, 0.5) is 24.8 Å². The zero-order valence-electron chi connectivity index (χ0n) is 31.5. The summed E-state index contributed by atoms with van der Waals surface area (Å²) in [6, 6.07) is 3.13. The molecule has 3 aromatic rings. The number of nitrogens with zero attached hydrogens (tertiary/aromatic N) is 4. The number of carbonyl (C=O) groups is 5. The largest absolute Gasteiger partial charge is 0.471 e. The van der Waals surface area contributed by atoms with E-state index < -0.39 is 59.8 Å². The summed E-state index contributed by atoms with van der Waals surface area (Å²) in [6.45, 7) is 4.68. The number of aliphatic hydroxyl groups is 1. The van der Waals surface area contributed by atoms with Crippen LogP contribution in [0.5, 0.6) is 0 Å². The molecule has 22 heteroatoms. The van der Waals surface area contributed by atoms with Gasteiger partial charge in [0.25, 0.3) is 11.5 Å². The number of aromatic nitrogens is 4. The van der Waals surface area contributed by atoms with Crippen LogP contribution in [0.2, 0.25) is 0 Å². The minimum Gasteiger partial charge on any atom is -0.467 e. The molecule has 1 unspecified atom stereocenters. The van der Waals surface area contributed by atoms with Gasteiger partial charge >= 0.3 is 18.1 Å². The van der Waals surface area contributed by atoms with Crippen molar-refractivity contribution in [3.63, 3.8) is 0 Å². The number of aliphatic hydroxyl groups excluding tert-OH is 1. The number of aromatic amines is 1. The number of nitrogens with one attached hydrogen (secondary N) is 4. The molecule has 0 aliphatic rings. The van der Waals surface area contributed by atoms with Gasteiger partial charge in [0.1, 0.15) is 6.04 Å². The molecule has 57 heavy (non-hydrogen) atoms. The smallest absolute Gasteiger partial charge is 0.467 e. The van der Waals surface area contributed by atoms with Crippen molar-refractivity contribution < 1.29 is 61.2 Å². The van der Waals surface area contributed by atoms with Crippen molar-refractivity contribution in [2.24, 2.45) is 5.92 Å². The Bertz CT molecular complexity index is 1880. The third-order valence-electron chi connectivity index (χ3n) is 7.70. The van der Waals surface area contributed by atoms with Gasteiger partial charge in [-0.1, -0.05) is 13.8 Å². The number of carbonyl (C=O) groups excluding carboxylic acids is 5. The average Bonchev–Trinajstić information content (AvgIpc) is 3.18.